The van der Waals surface area contributed by atoms with Crippen molar-refractivity contribution in [2.24, 2.45) is 0 Å². The lowest BCUT2D eigenvalue weighted by Crippen LogP contribution is -2.03. The Morgan fingerprint density at radius 1 is 0.321 bits per heavy atom. The van der Waals surface area contributed by atoms with Gasteiger partial charge in [0.1, 0.15) is 0 Å². The summed E-state index contributed by atoms with van der Waals surface area (Å²) in [5.41, 5.74) is 18.1. The molecule has 1 saturated carbocycles. The van der Waals surface area contributed by atoms with Crippen molar-refractivity contribution in [3.63, 3.8) is 0 Å². The molecule has 0 saturated heterocycles. The van der Waals surface area contributed by atoms with E-state index in [1.807, 2.05) is 0 Å². The van der Waals surface area contributed by atoms with Crippen LogP contribution < -0.4 is 0 Å². The molecule has 0 bridgehead atoms. The first-order valence-electron chi connectivity index (χ1n) is 18.7. The molecule has 53 heavy (non-hydrogen) atoms. The standard InChI is InChI=1S/C51H34N2/c1-2-12-37(13-3-1)52-47-19-9-7-17-43(47)44-25-23-34(32-50(44)52)36-28-35(33-22-24-40-39-14-4-8-18-45(39)51(26-27-51)46(40)31-33)29-38(30-36)53-48-20-10-5-15-41(48)42-16-6-11-21-49(42)53/h1-25,28-32H,26-27H2. The zero-order valence-corrected chi connectivity index (χ0v) is 29.1. The summed E-state index contributed by atoms with van der Waals surface area (Å²) in [6.07, 6.45) is 2.45. The highest BCUT2D eigenvalue weighted by Crippen LogP contribution is 2.63. The minimum absolute atomic E-state index is 0.172. The Kier molecular flexibility index (Phi) is 5.85. The van der Waals surface area contributed by atoms with Crippen LogP contribution in [0.15, 0.2) is 182 Å². The molecule has 0 amide bonds. The van der Waals surface area contributed by atoms with Gasteiger partial charge in [-0.25, -0.2) is 0 Å². The third-order valence-corrected chi connectivity index (χ3v) is 12.1. The molecule has 2 nitrogen and oxygen atoms in total. The van der Waals surface area contributed by atoms with E-state index in [0.29, 0.717) is 0 Å². The summed E-state index contributed by atoms with van der Waals surface area (Å²) in [6.45, 7) is 0. The van der Waals surface area contributed by atoms with E-state index >= 15 is 0 Å². The minimum atomic E-state index is 0.172. The highest BCUT2D eigenvalue weighted by Gasteiger charge is 2.52. The van der Waals surface area contributed by atoms with Crippen LogP contribution in [0.3, 0.4) is 0 Å². The van der Waals surface area contributed by atoms with Crippen LogP contribution >= 0.6 is 0 Å². The number of para-hydroxylation sites is 4. The van der Waals surface area contributed by atoms with Gasteiger partial charge in [0.15, 0.2) is 0 Å². The Bertz CT molecular complexity index is 3060. The molecule has 12 rings (SSSR count). The number of hydrogen-bond acceptors (Lipinski definition) is 0. The van der Waals surface area contributed by atoms with Gasteiger partial charge in [0.2, 0.25) is 0 Å². The molecule has 0 radical (unpaired) electrons. The minimum Gasteiger partial charge on any atom is -0.309 e. The van der Waals surface area contributed by atoms with Gasteiger partial charge in [-0.3, -0.25) is 0 Å². The van der Waals surface area contributed by atoms with Crippen molar-refractivity contribution in [2.75, 3.05) is 0 Å². The van der Waals surface area contributed by atoms with Crippen LogP contribution in [-0.4, -0.2) is 9.13 Å². The van der Waals surface area contributed by atoms with Gasteiger partial charge in [0.05, 0.1) is 22.1 Å². The molecular weight excluding hydrogens is 641 g/mol. The van der Waals surface area contributed by atoms with Crippen molar-refractivity contribution in [2.45, 2.75) is 18.3 Å². The Morgan fingerprint density at radius 2 is 0.830 bits per heavy atom. The Hall–Kier alpha value is -6.64. The lowest BCUT2D eigenvalue weighted by molar-refractivity contribution is 0.880. The Morgan fingerprint density at radius 3 is 1.49 bits per heavy atom. The molecule has 0 aliphatic heterocycles. The molecule has 10 aromatic rings. The maximum Gasteiger partial charge on any atom is 0.0547 e. The number of rotatable bonds is 4. The summed E-state index contributed by atoms with van der Waals surface area (Å²) < 4.78 is 4.88. The van der Waals surface area contributed by atoms with Crippen LogP contribution in [-0.2, 0) is 5.41 Å². The zero-order valence-electron chi connectivity index (χ0n) is 29.1. The second-order valence-electron chi connectivity index (χ2n) is 14.9. The van der Waals surface area contributed by atoms with Gasteiger partial charge in [-0.1, -0.05) is 121 Å². The Balaban J connectivity index is 1.12. The van der Waals surface area contributed by atoms with Gasteiger partial charge in [-0.2, -0.15) is 0 Å². The molecular formula is C51H34N2. The Labute approximate surface area is 307 Å². The maximum atomic E-state index is 2.51. The third-order valence-electron chi connectivity index (χ3n) is 12.1. The normalized spacial score (nSPS) is 14.0. The first-order valence-corrected chi connectivity index (χ1v) is 18.7. The van der Waals surface area contributed by atoms with Crippen LogP contribution in [0.25, 0.3) is 88.4 Å². The lowest BCUT2D eigenvalue weighted by atomic mass is 9.90. The van der Waals surface area contributed by atoms with E-state index in [2.05, 4.69) is 191 Å². The van der Waals surface area contributed by atoms with Crippen molar-refractivity contribution < 1.29 is 0 Å². The fraction of sp³-hybridized carbons (Fsp3) is 0.0588. The monoisotopic (exact) mass is 674 g/mol. The van der Waals surface area contributed by atoms with E-state index in [9.17, 15) is 0 Å². The van der Waals surface area contributed by atoms with Crippen LogP contribution in [0.1, 0.15) is 24.0 Å². The lowest BCUT2D eigenvalue weighted by Gasteiger charge is -2.16. The average Bonchev–Trinajstić information content (AvgIpc) is 3.78. The number of fused-ring (bicyclic) bond motifs is 11. The molecule has 2 aliphatic carbocycles. The molecule has 2 heteroatoms. The third kappa shape index (κ3) is 4.09. The number of benzene rings is 8. The van der Waals surface area contributed by atoms with Gasteiger partial charge in [0.25, 0.3) is 0 Å². The van der Waals surface area contributed by atoms with E-state index in [1.165, 1.54) is 112 Å². The first-order chi connectivity index (χ1) is 26.2. The molecule has 248 valence electrons. The molecule has 0 unspecified atom stereocenters. The van der Waals surface area contributed by atoms with Crippen molar-refractivity contribution in [3.8, 4) is 44.8 Å². The van der Waals surface area contributed by atoms with E-state index in [4.69, 9.17) is 0 Å². The van der Waals surface area contributed by atoms with Crippen molar-refractivity contribution >= 4 is 43.6 Å². The van der Waals surface area contributed by atoms with E-state index < -0.39 is 0 Å². The zero-order chi connectivity index (χ0) is 34.7. The van der Waals surface area contributed by atoms with Crippen molar-refractivity contribution in [3.05, 3.63) is 193 Å². The second kappa shape index (κ2) is 10.7. The molecule has 2 heterocycles. The van der Waals surface area contributed by atoms with Crippen LogP contribution in [0.2, 0.25) is 0 Å². The van der Waals surface area contributed by atoms with Gasteiger partial charge in [-0.15, -0.1) is 0 Å². The predicted octanol–water partition coefficient (Wildman–Crippen LogP) is 13.3. The molecule has 2 aromatic heterocycles. The van der Waals surface area contributed by atoms with Gasteiger partial charge in [-0.05, 0) is 118 Å². The topological polar surface area (TPSA) is 9.86 Å². The summed E-state index contributed by atoms with van der Waals surface area (Å²) >= 11 is 0. The maximum absolute atomic E-state index is 2.51. The van der Waals surface area contributed by atoms with E-state index in [-0.39, 0.29) is 5.41 Å². The highest BCUT2D eigenvalue weighted by atomic mass is 15.0. The van der Waals surface area contributed by atoms with Crippen molar-refractivity contribution in [1.29, 1.82) is 0 Å². The smallest absolute Gasteiger partial charge is 0.0547 e. The van der Waals surface area contributed by atoms with Gasteiger partial charge < -0.3 is 9.13 Å². The predicted molar refractivity (Wildman–Crippen MR) is 221 cm³/mol. The molecule has 1 spiro atoms. The SMILES string of the molecule is c1ccc(-n2c3ccccc3c3ccc(-c4cc(-c5ccc6c(c5)C5(CC5)c5ccccc5-6)cc(-n5c6ccccc6c6ccccc65)c4)cc32)cc1. The van der Waals surface area contributed by atoms with E-state index in [0.717, 1.165) is 0 Å². The number of hydrogen-bond donors (Lipinski definition) is 0. The highest BCUT2D eigenvalue weighted by molar-refractivity contribution is 6.11. The fourth-order valence-electron chi connectivity index (χ4n) is 9.58. The van der Waals surface area contributed by atoms with Crippen molar-refractivity contribution in [1.82, 2.24) is 9.13 Å². The first kappa shape index (κ1) is 29.0. The fourth-order valence-corrected chi connectivity index (χ4v) is 9.58. The molecule has 1 fully saturated rings. The molecule has 0 atom stereocenters. The second-order valence-corrected chi connectivity index (χ2v) is 14.9. The van der Waals surface area contributed by atoms with Crippen LogP contribution in [0.4, 0.5) is 0 Å². The summed E-state index contributed by atoms with van der Waals surface area (Å²) in [4.78, 5) is 0. The van der Waals surface area contributed by atoms with Crippen LogP contribution in [0, 0.1) is 0 Å². The summed E-state index contributed by atoms with van der Waals surface area (Å²) in [5.74, 6) is 0. The quantitative estimate of drug-likeness (QED) is 0.176. The number of aromatic nitrogens is 2. The summed E-state index contributed by atoms with van der Waals surface area (Å²) in [5, 5.41) is 5.08. The van der Waals surface area contributed by atoms with Gasteiger partial charge in [0, 0.05) is 38.3 Å². The largest absolute Gasteiger partial charge is 0.309 e. The van der Waals surface area contributed by atoms with E-state index in [1.54, 1.807) is 0 Å². The average molecular weight is 675 g/mol. The summed E-state index contributed by atoms with van der Waals surface area (Å²) in [6, 6.07) is 67.7. The molecule has 8 aromatic carbocycles. The molecule has 2 aliphatic rings. The summed E-state index contributed by atoms with van der Waals surface area (Å²) in [7, 11) is 0. The molecule has 0 N–H and O–H groups in total. The van der Waals surface area contributed by atoms with Gasteiger partial charge >= 0.3 is 0 Å². The van der Waals surface area contributed by atoms with Crippen LogP contribution in [0.5, 0.6) is 0 Å². The number of nitrogens with zero attached hydrogens (tertiary/aromatic N) is 2.